The summed E-state index contributed by atoms with van der Waals surface area (Å²) in [6.45, 7) is 6.50. The van der Waals surface area contributed by atoms with Crippen molar-refractivity contribution in [3.8, 4) is 0 Å². The van der Waals surface area contributed by atoms with Gasteiger partial charge in [0.15, 0.2) is 0 Å². The second kappa shape index (κ2) is 6.94. The van der Waals surface area contributed by atoms with Crippen LogP contribution in [0.1, 0.15) is 39.5 Å². The second-order valence-corrected chi connectivity index (χ2v) is 5.90. The van der Waals surface area contributed by atoms with Crippen molar-refractivity contribution in [2.45, 2.75) is 52.1 Å². The summed E-state index contributed by atoms with van der Waals surface area (Å²) in [5, 5.41) is 3.62. The van der Waals surface area contributed by atoms with E-state index in [9.17, 15) is 0 Å². The van der Waals surface area contributed by atoms with Crippen molar-refractivity contribution in [2.75, 3.05) is 19.0 Å². The highest BCUT2D eigenvalue weighted by Gasteiger charge is 2.25. The number of aryl methyl sites for hydroxylation is 1. The number of imidazole rings is 1. The van der Waals surface area contributed by atoms with Crippen LogP contribution in [-0.4, -0.2) is 29.3 Å². The van der Waals surface area contributed by atoms with Crippen molar-refractivity contribution in [1.29, 1.82) is 0 Å². The zero-order chi connectivity index (χ0) is 13.7. The Morgan fingerprint density at radius 2 is 2.21 bits per heavy atom. The van der Waals surface area contributed by atoms with Crippen LogP contribution >= 0.6 is 0 Å². The molecule has 4 nitrogen and oxygen atoms in total. The highest BCUT2D eigenvalue weighted by molar-refractivity contribution is 5.27. The van der Waals surface area contributed by atoms with Gasteiger partial charge in [0.05, 0.1) is 0 Å². The van der Waals surface area contributed by atoms with E-state index in [4.69, 9.17) is 4.74 Å². The predicted octanol–water partition coefficient (Wildman–Crippen LogP) is 3.16. The maximum atomic E-state index is 5.10. The number of hydrogen-bond donors (Lipinski definition) is 1. The maximum Gasteiger partial charge on any atom is 0.202 e. The topological polar surface area (TPSA) is 39.1 Å². The summed E-state index contributed by atoms with van der Waals surface area (Å²) in [6.07, 6.45) is 8.79. The normalized spacial score (nSPS) is 27.4. The van der Waals surface area contributed by atoms with E-state index in [0.29, 0.717) is 6.04 Å². The Kier molecular flexibility index (Phi) is 5.25. The summed E-state index contributed by atoms with van der Waals surface area (Å²) in [4.78, 5) is 4.44. The van der Waals surface area contributed by atoms with Crippen molar-refractivity contribution >= 4 is 5.95 Å². The van der Waals surface area contributed by atoms with Crippen LogP contribution in [0.15, 0.2) is 12.4 Å². The average molecular weight is 265 g/mol. The molecule has 3 atom stereocenters. The van der Waals surface area contributed by atoms with E-state index < -0.39 is 0 Å². The first-order valence-electron chi connectivity index (χ1n) is 7.47. The fraction of sp³-hybridized carbons (Fsp3) is 0.800. The Bertz CT molecular complexity index is 377. The molecule has 0 bridgehead atoms. The van der Waals surface area contributed by atoms with E-state index >= 15 is 0 Å². The SMILES string of the molecule is COCCCn1ccnc1NC1CCC(C)C(C)C1. The summed E-state index contributed by atoms with van der Waals surface area (Å²) in [6, 6.07) is 0.578. The van der Waals surface area contributed by atoms with Gasteiger partial charge < -0.3 is 14.6 Å². The highest BCUT2D eigenvalue weighted by Crippen LogP contribution is 2.30. The van der Waals surface area contributed by atoms with Gasteiger partial charge in [-0.1, -0.05) is 13.8 Å². The summed E-state index contributed by atoms with van der Waals surface area (Å²) in [5.41, 5.74) is 0. The molecule has 0 aromatic carbocycles. The first-order chi connectivity index (χ1) is 9.20. The van der Waals surface area contributed by atoms with Gasteiger partial charge in [0.2, 0.25) is 5.95 Å². The van der Waals surface area contributed by atoms with Gasteiger partial charge in [-0.05, 0) is 37.5 Å². The van der Waals surface area contributed by atoms with E-state index in [1.54, 1.807) is 7.11 Å². The molecule has 1 aromatic rings. The number of nitrogens with one attached hydrogen (secondary N) is 1. The van der Waals surface area contributed by atoms with Gasteiger partial charge in [0, 0.05) is 38.7 Å². The second-order valence-electron chi connectivity index (χ2n) is 5.90. The number of ether oxygens (including phenoxy) is 1. The summed E-state index contributed by atoms with van der Waals surface area (Å²) >= 11 is 0. The zero-order valence-electron chi connectivity index (χ0n) is 12.4. The van der Waals surface area contributed by atoms with Crippen molar-refractivity contribution in [1.82, 2.24) is 9.55 Å². The van der Waals surface area contributed by atoms with E-state index in [0.717, 1.165) is 37.4 Å². The quantitative estimate of drug-likeness (QED) is 0.803. The molecule has 19 heavy (non-hydrogen) atoms. The van der Waals surface area contributed by atoms with Crippen molar-refractivity contribution in [2.24, 2.45) is 11.8 Å². The molecule has 1 aliphatic rings. The molecular weight excluding hydrogens is 238 g/mol. The summed E-state index contributed by atoms with van der Waals surface area (Å²) in [7, 11) is 1.75. The third-order valence-electron chi connectivity index (χ3n) is 4.39. The Morgan fingerprint density at radius 1 is 1.37 bits per heavy atom. The van der Waals surface area contributed by atoms with Crippen molar-refractivity contribution in [3.05, 3.63) is 12.4 Å². The Hall–Kier alpha value is -1.03. The Morgan fingerprint density at radius 3 is 2.95 bits per heavy atom. The Balaban J connectivity index is 1.87. The van der Waals surface area contributed by atoms with Crippen LogP contribution in [0.3, 0.4) is 0 Å². The molecule has 1 heterocycles. The van der Waals surface area contributed by atoms with E-state index in [1.165, 1.54) is 19.3 Å². The lowest BCUT2D eigenvalue weighted by atomic mass is 9.79. The minimum Gasteiger partial charge on any atom is -0.385 e. The summed E-state index contributed by atoms with van der Waals surface area (Å²) in [5.74, 6) is 2.69. The third kappa shape index (κ3) is 3.96. The Labute approximate surface area is 116 Å². The molecule has 1 aliphatic carbocycles. The van der Waals surface area contributed by atoms with Gasteiger partial charge in [-0.2, -0.15) is 0 Å². The standard InChI is InChI=1S/C15H27N3O/c1-12-5-6-14(11-13(12)2)17-15-16-7-9-18(15)8-4-10-19-3/h7,9,12-14H,4-6,8,10-11H2,1-3H3,(H,16,17). The average Bonchev–Trinajstić information content (AvgIpc) is 2.82. The van der Waals surface area contributed by atoms with E-state index in [1.807, 2.05) is 12.4 Å². The van der Waals surface area contributed by atoms with Crippen LogP contribution in [0.2, 0.25) is 0 Å². The number of methoxy groups -OCH3 is 1. The molecule has 0 spiro atoms. The van der Waals surface area contributed by atoms with Crippen LogP contribution in [0.5, 0.6) is 0 Å². The number of rotatable bonds is 6. The molecule has 4 heteroatoms. The number of hydrogen-bond acceptors (Lipinski definition) is 3. The molecule has 0 saturated heterocycles. The molecule has 1 aromatic heterocycles. The molecule has 0 radical (unpaired) electrons. The zero-order valence-corrected chi connectivity index (χ0v) is 12.4. The van der Waals surface area contributed by atoms with Gasteiger partial charge >= 0.3 is 0 Å². The van der Waals surface area contributed by atoms with Crippen LogP contribution < -0.4 is 5.32 Å². The monoisotopic (exact) mass is 265 g/mol. The van der Waals surface area contributed by atoms with Crippen LogP contribution in [0.4, 0.5) is 5.95 Å². The fourth-order valence-corrected chi connectivity index (χ4v) is 2.87. The minimum absolute atomic E-state index is 0.578. The lowest BCUT2D eigenvalue weighted by molar-refractivity contribution is 0.190. The van der Waals surface area contributed by atoms with Gasteiger partial charge in [-0.25, -0.2) is 4.98 Å². The number of aromatic nitrogens is 2. The minimum atomic E-state index is 0.578. The van der Waals surface area contributed by atoms with Gasteiger partial charge in [0.1, 0.15) is 0 Å². The first-order valence-corrected chi connectivity index (χ1v) is 7.47. The molecule has 108 valence electrons. The molecule has 3 unspecified atom stereocenters. The maximum absolute atomic E-state index is 5.10. The third-order valence-corrected chi connectivity index (χ3v) is 4.39. The molecular formula is C15H27N3O. The molecule has 0 aliphatic heterocycles. The van der Waals surface area contributed by atoms with E-state index in [-0.39, 0.29) is 0 Å². The van der Waals surface area contributed by atoms with Gasteiger partial charge in [0.25, 0.3) is 0 Å². The number of nitrogens with zero attached hydrogens (tertiary/aromatic N) is 2. The van der Waals surface area contributed by atoms with E-state index in [2.05, 4.69) is 28.7 Å². The van der Waals surface area contributed by atoms with Crippen molar-refractivity contribution < 1.29 is 4.74 Å². The molecule has 1 saturated carbocycles. The molecule has 1 fully saturated rings. The van der Waals surface area contributed by atoms with Crippen LogP contribution in [0.25, 0.3) is 0 Å². The first kappa shape index (κ1) is 14.4. The van der Waals surface area contributed by atoms with Crippen LogP contribution in [0, 0.1) is 11.8 Å². The highest BCUT2D eigenvalue weighted by atomic mass is 16.5. The molecule has 0 amide bonds. The van der Waals surface area contributed by atoms with Crippen LogP contribution in [-0.2, 0) is 11.3 Å². The number of anilines is 1. The van der Waals surface area contributed by atoms with Crippen molar-refractivity contribution in [3.63, 3.8) is 0 Å². The largest absolute Gasteiger partial charge is 0.385 e. The van der Waals surface area contributed by atoms with Gasteiger partial charge in [-0.15, -0.1) is 0 Å². The fourth-order valence-electron chi connectivity index (χ4n) is 2.87. The lowest BCUT2D eigenvalue weighted by Gasteiger charge is -2.32. The lowest BCUT2D eigenvalue weighted by Crippen LogP contribution is -2.31. The predicted molar refractivity (Wildman–Crippen MR) is 78.3 cm³/mol. The molecule has 2 rings (SSSR count). The van der Waals surface area contributed by atoms with Gasteiger partial charge in [-0.3, -0.25) is 0 Å². The molecule has 1 N–H and O–H groups in total. The smallest absolute Gasteiger partial charge is 0.202 e. The summed E-state index contributed by atoms with van der Waals surface area (Å²) < 4.78 is 7.30.